The van der Waals surface area contributed by atoms with Gasteiger partial charge in [0.1, 0.15) is 5.60 Å². The summed E-state index contributed by atoms with van der Waals surface area (Å²) in [6.07, 6.45) is 2.89. The summed E-state index contributed by atoms with van der Waals surface area (Å²) in [7, 11) is 3.54. The third-order valence-corrected chi connectivity index (χ3v) is 3.20. The van der Waals surface area contributed by atoms with Gasteiger partial charge in [-0.25, -0.2) is 0 Å². The molecule has 20 heavy (non-hydrogen) atoms. The number of ether oxygens (including phenoxy) is 1. The van der Waals surface area contributed by atoms with E-state index in [1.165, 1.54) is 0 Å². The van der Waals surface area contributed by atoms with Crippen LogP contribution in [0.2, 0.25) is 0 Å². The molecule has 0 aromatic rings. The van der Waals surface area contributed by atoms with Gasteiger partial charge in [0.05, 0.1) is 10.8 Å². The van der Waals surface area contributed by atoms with Crippen LogP contribution in [0.4, 0.5) is 4.79 Å². The first kappa shape index (κ1) is 16.5. The zero-order valence-electron chi connectivity index (χ0n) is 13.1. The van der Waals surface area contributed by atoms with E-state index < -0.39 is 11.7 Å². The Morgan fingerprint density at radius 3 is 2.45 bits per heavy atom. The zero-order chi connectivity index (χ0) is 15.3. The van der Waals surface area contributed by atoms with Crippen LogP contribution in [0.15, 0.2) is 0 Å². The average molecular weight is 281 g/mol. The van der Waals surface area contributed by atoms with E-state index >= 15 is 0 Å². The van der Waals surface area contributed by atoms with Crippen molar-refractivity contribution in [3.63, 3.8) is 0 Å². The Bertz CT molecular complexity index is 427. The van der Waals surface area contributed by atoms with Crippen LogP contribution >= 0.6 is 0 Å². The molecule has 1 fully saturated rings. The maximum atomic E-state index is 11.9. The number of hydrogen-bond donors (Lipinski definition) is 0. The summed E-state index contributed by atoms with van der Waals surface area (Å²) < 4.78 is 5.10. The van der Waals surface area contributed by atoms with Gasteiger partial charge in [-0.3, -0.25) is 4.79 Å². The number of carbonyl (C=O) groups is 2. The van der Waals surface area contributed by atoms with Crippen LogP contribution < -0.4 is 0 Å². The molecule has 0 heterocycles. The summed E-state index contributed by atoms with van der Waals surface area (Å²) in [5, 5.41) is 0. The summed E-state index contributed by atoms with van der Waals surface area (Å²) in [5.41, 5.74) is -0.543. The molecule has 0 saturated heterocycles. The Kier molecular flexibility index (Phi) is 5.55. The fourth-order valence-corrected chi connectivity index (χ4v) is 2.33. The first-order chi connectivity index (χ1) is 9.19. The van der Waals surface area contributed by atoms with Crippen molar-refractivity contribution < 1.29 is 14.3 Å². The van der Waals surface area contributed by atoms with Crippen molar-refractivity contribution in [2.45, 2.75) is 52.1 Å². The van der Waals surface area contributed by atoms with Gasteiger partial charge in [0.2, 0.25) is 5.91 Å². The Morgan fingerprint density at radius 1 is 1.25 bits per heavy atom. The molecule has 5 heteroatoms. The van der Waals surface area contributed by atoms with Gasteiger partial charge in [0, 0.05) is 20.0 Å². The van der Waals surface area contributed by atoms with E-state index in [-0.39, 0.29) is 17.7 Å². The van der Waals surface area contributed by atoms with Crippen molar-refractivity contribution in [3.05, 3.63) is 4.85 Å². The SMILES string of the molecule is CN(C)C(=O)[C@H]1CCCC(C#[N+]C(=O)OC(C)(C)C)C1. The third kappa shape index (κ3) is 5.60. The minimum absolute atomic E-state index is 0.0186. The fourth-order valence-electron chi connectivity index (χ4n) is 2.33. The third-order valence-electron chi connectivity index (χ3n) is 3.20. The number of rotatable bonds is 1. The Morgan fingerprint density at radius 2 is 1.90 bits per heavy atom. The maximum Gasteiger partial charge on any atom is 0.728 e. The van der Waals surface area contributed by atoms with Crippen molar-refractivity contribution >= 4 is 12.0 Å². The quantitative estimate of drug-likeness (QED) is 0.742. The summed E-state index contributed by atoms with van der Waals surface area (Å²) in [4.78, 5) is 28.8. The summed E-state index contributed by atoms with van der Waals surface area (Å²) in [6, 6.07) is 2.85. The largest absolute Gasteiger partial charge is 0.728 e. The number of hydrogen-bond acceptors (Lipinski definition) is 3. The van der Waals surface area contributed by atoms with Gasteiger partial charge in [0.15, 0.2) is 0 Å². The minimum atomic E-state index is -0.612. The molecule has 1 aliphatic carbocycles. The van der Waals surface area contributed by atoms with Gasteiger partial charge in [-0.05, 0) is 40.0 Å². The van der Waals surface area contributed by atoms with Crippen molar-refractivity contribution in [2.75, 3.05) is 14.1 Å². The molecule has 5 nitrogen and oxygen atoms in total. The lowest BCUT2D eigenvalue weighted by Gasteiger charge is -2.25. The molecule has 0 bridgehead atoms. The van der Waals surface area contributed by atoms with Crippen LogP contribution in [0, 0.1) is 17.9 Å². The van der Waals surface area contributed by atoms with E-state index in [1.54, 1.807) is 39.8 Å². The molecule has 0 aromatic carbocycles. The Balaban J connectivity index is 2.57. The molecule has 1 rings (SSSR count). The second-order valence-electron chi connectivity index (χ2n) is 6.51. The Hall–Kier alpha value is -1.57. The van der Waals surface area contributed by atoms with Crippen LogP contribution in [0.1, 0.15) is 46.5 Å². The first-order valence-electron chi connectivity index (χ1n) is 7.09. The predicted molar refractivity (Wildman–Crippen MR) is 77.6 cm³/mol. The number of amides is 2. The molecule has 2 atom stereocenters. The predicted octanol–water partition coefficient (Wildman–Crippen LogP) is 3.15. The molecule has 0 aliphatic heterocycles. The zero-order valence-corrected chi connectivity index (χ0v) is 13.1. The summed E-state index contributed by atoms with van der Waals surface area (Å²) >= 11 is 0. The van der Waals surface area contributed by atoms with Crippen molar-refractivity contribution in [1.29, 1.82) is 0 Å². The first-order valence-corrected chi connectivity index (χ1v) is 7.09. The molecule has 0 aromatic heterocycles. The molecular weight excluding hydrogens is 256 g/mol. The fraction of sp³-hybridized carbons (Fsp3) is 0.800. The highest BCUT2D eigenvalue weighted by Crippen LogP contribution is 2.29. The lowest BCUT2D eigenvalue weighted by atomic mass is 9.81. The van der Waals surface area contributed by atoms with Crippen LogP contribution in [0.5, 0.6) is 0 Å². The highest BCUT2D eigenvalue weighted by molar-refractivity contribution is 5.80. The van der Waals surface area contributed by atoms with E-state index in [2.05, 4.69) is 10.9 Å². The van der Waals surface area contributed by atoms with Crippen LogP contribution in [0.3, 0.4) is 0 Å². The molecule has 2 amide bonds. The van der Waals surface area contributed by atoms with Gasteiger partial charge in [-0.2, -0.15) is 4.79 Å². The molecule has 112 valence electrons. The van der Waals surface area contributed by atoms with E-state index in [1.807, 2.05) is 0 Å². The molecule has 1 aliphatic rings. The van der Waals surface area contributed by atoms with Gasteiger partial charge >= 0.3 is 6.09 Å². The average Bonchev–Trinajstić information content (AvgIpc) is 2.33. The second-order valence-corrected chi connectivity index (χ2v) is 6.51. The van der Waals surface area contributed by atoms with E-state index in [0.717, 1.165) is 19.3 Å². The van der Waals surface area contributed by atoms with Crippen LogP contribution in [0.25, 0.3) is 4.85 Å². The van der Waals surface area contributed by atoms with Crippen LogP contribution in [-0.4, -0.2) is 36.6 Å². The summed E-state index contributed by atoms with van der Waals surface area (Å²) in [5.74, 6) is 0.226. The maximum absolute atomic E-state index is 11.9. The van der Waals surface area contributed by atoms with Gasteiger partial charge < -0.3 is 9.64 Å². The molecule has 1 unspecified atom stereocenters. The van der Waals surface area contributed by atoms with Crippen LogP contribution in [-0.2, 0) is 9.53 Å². The lowest BCUT2D eigenvalue weighted by Crippen LogP contribution is -2.32. The van der Waals surface area contributed by atoms with Gasteiger partial charge in [-0.15, -0.1) is 0 Å². The van der Waals surface area contributed by atoms with Crippen molar-refractivity contribution in [1.82, 2.24) is 4.90 Å². The highest BCUT2D eigenvalue weighted by Gasteiger charge is 2.31. The van der Waals surface area contributed by atoms with Gasteiger partial charge in [0.25, 0.3) is 6.07 Å². The minimum Gasteiger partial charge on any atom is -0.392 e. The van der Waals surface area contributed by atoms with E-state index in [0.29, 0.717) is 6.42 Å². The van der Waals surface area contributed by atoms with Gasteiger partial charge in [-0.1, -0.05) is 6.42 Å². The molecule has 0 N–H and O–H groups in total. The Labute approximate surface area is 121 Å². The van der Waals surface area contributed by atoms with Crippen molar-refractivity contribution in [3.8, 4) is 6.07 Å². The monoisotopic (exact) mass is 281 g/mol. The molecule has 1 saturated carbocycles. The molecule has 0 radical (unpaired) electrons. The molecule has 0 spiro atoms. The van der Waals surface area contributed by atoms with E-state index in [4.69, 9.17) is 4.74 Å². The lowest BCUT2D eigenvalue weighted by molar-refractivity contribution is -0.134. The standard InChI is InChI=1S/C15H25N2O3/c1-15(2,3)20-14(19)16-10-11-7-6-8-12(9-11)13(18)17(4)5/h11-12H,6-9H2,1-5H3/q+1/t11?,12-/m0/s1. The number of carbonyl (C=O) groups excluding carboxylic acids is 2. The van der Waals surface area contributed by atoms with E-state index in [9.17, 15) is 9.59 Å². The second kappa shape index (κ2) is 6.74. The summed E-state index contributed by atoms with van der Waals surface area (Å²) in [6.45, 7) is 5.40. The normalized spacial score (nSPS) is 22.4. The topological polar surface area (TPSA) is 51.0 Å². The smallest absolute Gasteiger partial charge is 0.392 e. The highest BCUT2D eigenvalue weighted by atomic mass is 16.6. The number of nitrogens with zero attached hydrogens (tertiary/aromatic N) is 2. The van der Waals surface area contributed by atoms with Crippen molar-refractivity contribution in [2.24, 2.45) is 11.8 Å². The molecular formula is C15H25N2O3+.